The first-order valence-electron chi connectivity index (χ1n) is 5.17. The van der Waals surface area contributed by atoms with Crippen LogP contribution in [0.4, 0.5) is 0 Å². The van der Waals surface area contributed by atoms with E-state index in [4.69, 9.17) is 5.11 Å². The third-order valence-corrected chi connectivity index (χ3v) is 2.72. The summed E-state index contributed by atoms with van der Waals surface area (Å²) in [5, 5.41) is 13.2. The highest BCUT2D eigenvalue weighted by molar-refractivity contribution is 5.74. The molecule has 86 valence electrons. The molecule has 3 heterocycles. The van der Waals surface area contributed by atoms with E-state index in [9.17, 15) is 4.79 Å². The van der Waals surface area contributed by atoms with Crippen molar-refractivity contribution in [1.29, 1.82) is 0 Å². The fourth-order valence-corrected chi connectivity index (χ4v) is 1.90. The molecule has 0 spiro atoms. The van der Waals surface area contributed by atoms with E-state index in [-0.39, 0.29) is 12.2 Å². The van der Waals surface area contributed by atoms with Crippen LogP contribution >= 0.6 is 0 Å². The van der Waals surface area contributed by atoms with Gasteiger partial charge in [-0.2, -0.15) is 5.10 Å². The molecule has 0 unspecified atom stereocenters. The van der Waals surface area contributed by atoms with Crippen LogP contribution in [-0.2, 0) is 6.61 Å². The molecule has 0 saturated carbocycles. The Morgan fingerprint density at radius 2 is 2.29 bits per heavy atom. The van der Waals surface area contributed by atoms with Crippen molar-refractivity contribution in [3.8, 4) is 0 Å². The van der Waals surface area contributed by atoms with Gasteiger partial charge in [0.05, 0.1) is 18.3 Å². The third-order valence-electron chi connectivity index (χ3n) is 2.72. The van der Waals surface area contributed by atoms with Crippen LogP contribution < -0.4 is 5.56 Å². The average molecular weight is 230 g/mol. The minimum atomic E-state index is -0.204. The number of aliphatic hydroxyl groups is 1. The maximum absolute atomic E-state index is 11.9. The maximum atomic E-state index is 11.9. The molecule has 0 aliphatic carbocycles. The standard InChI is InChI=1S/C11H10N4O2/c1-6-3-13-15-9(6)11(17)14-8-2-7(5-16)4-12-10(8)15/h2-4,16H,5H2,1H3,(H,14,17). The van der Waals surface area contributed by atoms with Crippen molar-refractivity contribution in [3.63, 3.8) is 0 Å². The summed E-state index contributed by atoms with van der Waals surface area (Å²) in [4.78, 5) is 18.8. The lowest BCUT2D eigenvalue weighted by Crippen LogP contribution is -2.12. The molecule has 0 aliphatic rings. The Morgan fingerprint density at radius 3 is 3.06 bits per heavy atom. The van der Waals surface area contributed by atoms with Crippen molar-refractivity contribution < 1.29 is 5.11 Å². The first-order valence-corrected chi connectivity index (χ1v) is 5.17. The molecule has 17 heavy (non-hydrogen) atoms. The zero-order valence-electron chi connectivity index (χ0n) is 9.14. The summed E-state index contributed by atoms with van der Waals surface area (Å²) in [6.07, 6.45) is 3.20. The van der Waals surface area contributed by atoms with Gasteiger partial charge >= 0.3 is 0 Å². The predicted molar refractivity (Wildman–Crippen MR) is 61.8 cm³/mol. The van der Waals surface area contributed by atoms with Crippen molar-refractivity contribution in [2.24, 2.45) is 0 Å². The molecule has 6 heteroatoms. The quantitative estimate of drug-likeness (QED) is 0.632. The minimum absolute atomic E-state index is 0.110. The van der Waals surface area contributed by atoms with Crippen molar-refractivity contribution in [3.05, 3.63) is 39.9 Å². The van der Waals surface area contributed by atoms with Crippen LogP contribution in [0.1, 0.15) is 11.1 Å². The van der Waals surface area contributed by atoms with E-state index >= 15 is 0 Å². The van der Waals surface area contributed by atoms with Gasteiger partial charge in [-0.15, -0.1) is 0 Å². The van der Waals surface area contributed by atoms with Crippen LogP contribution in [0.15, 0.2) is 23.3 Å². The number of nitrogens with zero attached hydrogens (tertiary/aromatic N) is 3. The molecule has 3 aromatic rings. The van der Waals surface area contributed by atoms with Gasteiger partial charge in [-0.25, -0.2) is 9.50 Å². The van der Waals surface area contributed by atoms with Crippen LogP contribution in [0.5, 0.6) is 0 Å². The lowest BCUT2D eigenvalue weighted by atomic mass is 10.2. The average Bonchev–Trinajstić information content (AvgIpc) is 2.71. The van der Waals surface area contributed by atoms with Gasteiger partial charge in [0, 0.05) is 11.8 Å². The van der Waals surface area contributed by atoms with Crippen molar-refractivity contribution in [2.45, 2.75) is 13.5 Å². The fourth-order valence-electron chi connectivity index (χ4n) is 1.90. The van der Waals surface area contributed by atoms with Gasteiger partial charge in [0.15, 0.2) is 5.65 Å². The smallest absolute Gasteiger partial charge is 0.274 e. The predicted octanol–water partition coefficient (Wildman–Crippen LogP) is 0.372. The summed E-state index contributed by atoms with van der Waals surface area (Å²) in [5.41, 5.74) is 2.89. The summed E-state index contributed by atoms with van der Waals surface area (Å²) in [6.45, 7) is 1.71. The molecular weight excluding hydrogens is 220 g/mol. The van der Waals surface area contributed by atoms with Gasteiger partial charge in [-0.05, 0) is 18.6 Å². The van der Waals surface area contributed by atoms with Gasteiger partial charge in [0.1, 0.15) is 5.52 Å². The third kappa shape index (κ3) is 1.34. The van der Waals surface area contributed by atoms with E-state index in [0.717, 1.165) is 5.56 Å². The largest absolute Gasteiger partial charge is 0.392 e. The number of hydrogen-bond acceptors (Lipinski definition) is 4. The van der Waals surface area contributed by atoms with Crippen LogP contribution in [0.2, 0.25) is 0 Å². The number of aryl methyl sites for hydroxylation is 1. The van der Waals surface area contributed by atoms with Gasteiger partial charge in [0.25, 0.3) is 5.56 Å². The summed E-state index contributed by atoms with van der Waals surface area (Å²) >= 11 is 0. The van der Waals surface area contributed by atoms with Crippen molar-refractivity contribution in [1.82, 2.24) is 19.6 Å². The molecule has 3 rings (SSSR count). The number of aromatic amines is 1. The molecule has 0 amide bonds. The molecule has 0 radical (unpaired) electrons. The van der Waals surface area contributed by atoms with E-state index in [2.05, 4.69) is 15.1 Å². The number of nitrogens with one attached hydrogen (secondary N) is 1. The first-order chi connectivity index (χ1) is 8.20. The Kier molecular flexibility index (Phi) is 1.99. The second-order valence-electron chi connectivity index (χ2n) is 3.91. The van der Waals surface area contributed by atoms with Crippen molar-refractivity contribution in [2.75, 3.05) is 0 Å². The van der Waals surface area contributed by atoms with E-state index in [1.54, 1.807) is 18.5 Å². The molecule has 2 N–H and O–H groups in total. The number of fused-ring (bicyclic) bond motifs is 3. The Labute approximate surface area is 95.5 Å². The molecule has 0 bridgehead atoms. The van der Waals surface area contributed by atoms with Crippen LogP contribution in [0, 0.1) is 6.92 Å². The van der Waals surface area contributed by atoms with Gasteiger partial charge in [-0.3, -0.25) is 4.79 Å². The highest BCUT2D eigenvalue weighted by Gasteiger charge is 2.09. The van der Waals surface area contributed by atoms with E-state index in [1.165, 1.54) is 4.52 Å². The number of H-pyrrole nitrogens is 1. The zero-order valence-corrected chi connectivity index (χ0v) is 9.14. The molecule has 0 aromatic carbocycles. The first kappa shape index (κ1) is 9.98. The SMILES string of the molecule is Cc1cnn2c1c(=O)[nH]c1cc(CO)cnc12. The second kappa shape index (κ2) is 3.39. The van der Waals surface area contributed by atoms with E-state index in [0.29, 0.717) is 22.2 Å². The topological polar surface area (TPSA) is 83.3 Å². The molecule has 0 fully saturated rings. The highest BCUT2D eigenvalue weighted by Crippen LogP contribution is 2.12. The Bertz CT molecular complexity index is 772. The van der Waals surface area contributed by atoms with Gasteiger partial charge in [-0.1, -0.05) is 0 Å². The Balaban J connectivity index is 2.53. The van der Waals surface area contributed by atoms with Crippen LogP contribution in [0.25, 0.3) is 16.7 Å². The minimum Gasteiger partial charge on any atom is -0.392 e. The number of aromatic nitrogens is 4. The Hall–Kier alpha value is -2.21. The number of pyridine rings is 1. The van der Waals surface area contributed by atoms with Crippen molar-refractivity contribution >= 4 is 16.7 Å². The lowest BCUT2D eigenvalue weighted by molar-refractivity contribution is 0.281. The second-order valence-corrected chi connectivity index (χ2v) is 3.91. The monoisotopic (exact) mass is 230 g/mol. The summed E-state index contributed by atoms with van der Waals surface area (Å²) < 4.78 is 1.52. The van der Waals surface area contributed by atoms with E-state index < -0.39 is 0 Å². The number of hydrogen-bond donors (Lipinski definition) is 2. The van der Waals surface area contributed by atoms with Crippen LogP contribution in [-0.4, -0.2) is 24.7 Å². The Morgan fingerprint density at radius 1 is 1.47 bits per heavy atom. The fraction of sp³-hybridized carbons (Fsp3) is 0.182. The molecule has 0 aliphatic heterocycles. The summed E-state index contributed by atoms with van der Waals surface area (Å²) in [6, 6.07) is 1.69. The van der Waals surface area contributed by atoms with Crippen LogP contribution in [0.3, 0.4) is 0 Å². The molecule has 3 aromatic heterocycles. The number of aliphatic hydroxyl groups excluding tert-OH is 1. The highest BCUT2D eigenvalue weighted by atomic mass is 16.3. The normalized spacial score (nSPS) is 11.4. The lowest BCUT2D eigenvalue weighted by Gasteiger charge is -2.02. The number of rotatable bonds is 1. The molecule has 6 nitrogen and oxygen atoms in total. The maximum Gasteiger partial charge on any atom is 0.274 e. The summed E-state index contributed by atoms with van der Waals surface area (Å²) in [7, 11) is 0. The summed E-state index contributed by atoms with van der Waals surface area (Å²) in [5.74, 6) is 0. The molecular formula is C11H10N4O2. The van der Waals surface area contributed by atoms with Gasteiger partial charge < -0.3 is 10.1 Å². The zero-order chi connectivity index (χ0) is 12.0. The van der Waals surface area contributed by atoms with Gasteiger partial charge in [0.2, 0.25) is 0 Å². The molecule has 0 atom stereocenters. The molecule has 0 saturated heterocycles. The van der Waals surface area contributed by atoms with E-state index in [1.807, 2.05) is 6.92 Å².